The fourth-order valence-electron chi connectivity index (χ4n) is 2.03. The zero-order chi connectivity index (χ0) is 11.5. The molecule has 1 aliphatic heterocycles. The monoisotopic (exact) mass is 237 g/mol. The van der Waals surface area contributed by atoms with Crippen molar-refractivity contribution in [3.05, 3.63) is 21.4 Å². The Morgan fingerprint density at radius 1 is 1.50 bits per heavy atom. The van der Waals surface area contributed by atoms with Gasteiger partial charge in [0.05, 0.1) is 6.54 Å². The predicted molar refractivity (Wildman–Crippen MR) is 70.3 cm³/mol. The average Bonchev–Trinajstić information content (AvgIpc) is 2.73. The minimum Gasteiger partial charge on any atom is -0.370 e. The summed E-state index contributed by atoms with van der Waals surface area (Å²) in [5.41, 5.74) is 7.11. The van der Waals surface area contributed by atoms with Crippen molar-refractivity contribution in [2.75, 3.05) is 13.1 Å². The minimum absolute atomic E-state index is 0.507. The second kappa shape index (κ2) is 4.87. The number of thiophene rings is 1. The molecule has 0 amide bonds. The van der Waals surface area contributed by atoms with Crippen LogP contribution in [0.2, 0.25) is 0 Å². The highest BCUT2D eigenvalue weighted by molar-refractivity contribution is 7.12. The first-order chi connectivity index (χ1) is 7.74. The first kappa shape index (κ1) is 11.5. The molecular weight excluding hydrogens is 218 g/mol. The topological polar surface area (TPSA) is 50.4 Å². The highest BCUT2D eigenvalue weighted by Crippen LogP contribution is 2.31. The molecule has 2 rings (SSSR count). The van der Waals surface area contributed by atoms with Gasteiger partial charge in [-0.2, -0.15) is 0 Å². The predicted octanol–water partition coefficient (Wildman–Crippen LogP) is 1.87. The molecule has 16 heavy (non-hydrogen) atoms. The van der Waals surface area contributed by atoms with Gasteiger partial charge < -0.3 is 11.1 Å². The lowest BCUT2D eigenvalue weighted by atomic mass is 10.0. The van der Waals surface area contributed by atoms with Crippen LogP contribution in [0.3, 0.4) is 0 Å². The molecule has 3 nitrogen and oxygen atoms in total. The average molecular weight is 237 g/mol. The van der Waals surface area contributed by atoms with E-state index >= 15 is 0 Å². The lowest BCUT2D eigenvalue weighted by Gasteiger charge is -2.21. The first-order valence-electron chi connectivity index (χ1n) is 5.89. The third-order valence-electron chi connectivity index (χ3n) is 3.00. The van der Waals surface area contributed by atoms with E-state index in [-0.39, 0.29) is 0 Å². The van der Waals surface area contributed by atoms with Gasteiger partial charge in [0.25, 0.3) is 0 Å². The number of nitrogens with two attached hydrogens (primary N) is 1. The largest absolute Gasteiger partial charge is 0.370 e. The van der Waals surface area contributed by atoms with E-state index in [1.54, 1.807) is 0 Å². The van der Waals surface area contributed by atoms with Gasteiger partial charge >= 0.3 is 0 Å². The molecule has 1 unspecified atom stereocenters. The van der Waals surface area contributed by atoms with E-state index in [9.17, 15) is 0 Å². The first-order valence-corrected chi connectivity index (χ1v) is 6.71. The number of guanidine groups is 1. The molecule has 1 aliphatic rings. The minimum atomic E-state index is 0.507. The Labute approximate surface area is 101 Å². The molecule has 1 aromatic heterocycles. The van der Waals surface area contributed by atoms with Crippen molar-refractivity contribution in [3.8, 4) is 0 Å². The van der Waals surface area contributed by atoms with Crippen molar-refractivity contribution in [3.63, 3.8) is 0 Å². The Hall–Kier alpha value is -1.03. The van der Waals surface area contributed by atoms with E-state index in [1.807, 2.05) is 11.3 Å². The summed E-state index contributed by atoms with van der Waals surface area (Å²) in [7, 11) is 0. The van der Waals surface area contributed by atoms with E-state index in [0.29, 0.717) is 11.9 Å². The van der Waals surface area contributed by atoms with Crippen LogP contribution in [-0.4, -0.2) is 19.0 Å². The zero-order valence-corrected chi connectivity index (χ0v) is 10.7. The van der Waals surface area contributed by atoms with Gasteiger partial charge in [-0.25, -0.2) is 0 Å². The number of nitrogens with one attached hydrogen (secondary N) is 1. The molecule has 88 valence electrons. The second-order valence-corrected chi connectivity index (χ2v) is 5.28. The third-order valence-corrected chi connectivity index (χ3v) is 4.49. The fourth-order valence-corrected chi connectivity index (χ4v) is 3.32. The third kappa shape index (κ3) is 2.21. The Balaban J connectivity index is 2.22. The van der Waals surface area contributed by atoms with Crippen LogP contribution < -0.4 is 11.1 Å². The number of nitrogens with zero attached hydrogens (tertiary/aromatic N) is 1. The van der Waals surface area contributed by atoms with E-state index in [4.69, 9.17) is 5.73 Å². The smallest absolute Gasteiger partial charge is 0.188 e. The summed E-state index contributed by atoms with van der Waals surface area (Å²) < 4.78 is 0. The molecule has 3 N–H and O–H groups in total. The van der Waals surface area contributed by atoms with Crippen LogP contribution in [0, 0.1) is 0 Å². The van der Waals surface area contributed by atoms with Crippen molar-refractivity contribution >= 4 is 17.3 Å². The van der Waals surface area contributed by atoms with Gasteiger partial charge in [-0.05, 0) is 24.5 Å². The maximum absolute atomic E-state index is 5.62. The molecule has 0 saturated carbocycles. The number of hydrogen-bond acceptors (Lipinski definition) is 4. The number of rotatable bonds is 3. The molecule has 2 heterocycles. The van der Waals surface area contributed by atoms with Crippen molar-refractivity contribution in [1.82, 2.24) is 5.32 Å². The van der Waals surface area contributed by atoms with Gasteiger partial charge in [0.2, 0.25) is 0 Å². The Kier molecular flexibility index (Phi) is 3.49. The maximum Gasteiger partial charge on any atom is 0.188 e. The van der Waals surface area contributed by atoms with Crippen LogP contribution in [0.25, 0.3) is 0 Å². The van der Waals surface area contributed by atoms with Gasteiger partial charge in [-0.15, -0.1) is 11.3 Å². The Morgan fingerprint density at radius 2 is 2.31 bits per heavy atom. The van der Waals surface area contributed by atoms with Crippen LogP contribution in [-0.2, 0) is 12.8 Å². The summed E-state index contributed by atoms with van der Waals surface area (Å²) in [6.07, 6.45) is 2.24. The van der Waals surface area contributed by atoms with Crippen LogP contribution in [0.4, 0.5) is 0 Å². The quantitative estimate of drug-likeness (QED) is 0.843. The zero-order valence-electron chi connectivity index (χ0n) is 9.92. The van der Waals surface area contributed by atoms with Gasteiger partial charge in [0.1, 0.15) is 0 Å². The van der Waals surface area contributed by atoms with E-state index in [1.165, 1.54) is 15.3 Å². The second-order valence-electron chi connectivity index (χ2n) is 4.11. The van der Waals surface area contributed by atoms with Crippen LogP contribution in [0.15, 0.2) is 11.1 Å². The SMILES string of the molecule is CCc1cc(CC)c(C2CN=C(N)NC2)s1. The number of aryl methyl sites for hydroxylation is 2. The molecule has 0 aliphatic carbocycles. The summed E-state index contributed by atoms with van der Waals surface area (Å²) >= 11 is 1.94. The fraction of sp³-hybridized carbons (Fsp3) is 0.583. The van der Waals surface area contributed by atoms with Crippen molar-refractivity contribution in [2.24, 2.45) is 10.7 Å². The van der Waals surface area contributed by atoms with Crippen molar-refractivity contribution in [1.29, 1.82) is 0 Å². The van der Waals surface area contributed by atoms with E-state index in [2.05, 4.69) is 30.2 Å². The lowest BCUT2D eigenvalue weighted by Crippen LogP contribution is -2.39. The van der Waals surface area contributed by atoms with Gasteiger partial charge in [0, 0.05) is 22.2 Å². The normalized spacial score (nSPS) is 20.4. The van der Waals surface area contributed by atoms with Crippen LogP contribution >= 0.6 is 11.3 Å². The van der Waals surface area contributed by atoms with Gasteiger partial charge in [-0.1, -0.05) is 13.8 Å². The standard InChI is InChI=1S/C12H19N3S/c1-3-8-5-10(4-2)16-11(8)9-6-14-12(13)15-7-9/h5,9H,3-4,6-7H2,1-2H3,(H3,13,14,15). The number of aliphatic imine (C=N–C) groups is 1. The molecule has 0 spiro atoms. The van der Waals surface area contributed by atoms with Crippen molar-refractivity contribution < 1.29 is 0 Å². The van der Waals surface area contributed by atoms with E-state index < -0.39 is 0 Å². The molecule has 0 radical (unpaired) electrons. The number of hydrogen-bond donors (Lipinski definition) is 2. The summed E-state index contributed by atoms with van der Waals surface area (Å²) in [5.74, 6) is 1.09. The molecule has 4 heteroatoms. The van der Waals surface area contributed by atoms with Crippen molar-refractivity contribution in [2.45, 2.75) is 32.6 Å². The summed E-state index contributed by atoms with van der Waals surface area (Å²) in [6.45, 7) is 6.19. The highest BCUT2D eigenvalue weighted by Gasteiger charge is 2.20. The molecule has 0 aromatic carbocycles. The van der Waals surface area contributed by atoms with Gasteiger partial charge in [-0.3, -0.25) is 4.99 Å². The van der Waals surface area contributed by atoms with Crippen LogP contribution in [0.5, 0.6) is 0 Å². The molecular formula is C12H19N3S. The summed E-state index contributed by atoms with van der Waals surface area (Å²) in [4.78, 5) is 7.27. The molecule has 1 atom stereocenters. The molecule has 0 saturated heterocycles. The van der Waals surface area contributed by atoms with E-state index in [0.717, 1.165) is 25.9 Å². The Bertz CT molecular complexity index is 395. The molecule has 0 bridgehead atoms. The summed E-state index contributed by atoms with van der Waals surface area (Å²) in [5, 5.41) is 3.14. The lowest BCUT2D eigenvalue weighted by molar-refractivity contribution is 0.639. The van der Waals surface area contributed by atoms with Gasteiger partial charge in [0.15, 0.2) is 5.96 Å². The molecule has 0 fully saturated rings. The highest BCUT2D eigenvalue weighted by atomic mass is 32.1. The maximum atomic E-state index is 5.62. The Morgan fingerprint density at radius 3 is 2.88 bits per heavy atom. The summed E-state index contributed by atoms with van der Waals surface area (Å²) in [6, 6.07) is 2.35. The molecule has 1 aromatic rings. The van der Waals surface area contributed by atoms with Crippen LogP contribution in [0.1, 0.15) is 35.1 Å².